The van der Waals surface area contributed by atoms with Crippen molar-refractivity contribution in [2.24, 2.45) is 5.92 Å². The molecule has 1 N–H and O–H groups in total. The molecule has 0 saturated heterocycles. The maximum absolute atomic E-state index is 11.8. The van der Waals surface area contributed by atoms with Gasteiger partial charge in [0.05, 0.1) is 0 Å². The number of amides is 1. The maximum Gasteiger partial charge on any atom is 0.225 e. The molecule has 1 aliphatic rings. The average Bonchev–Trinajstić information content (AvgIpc) is 2.08. The van der Waals surface area contributed by atoms with Crippen LogP contribution in [-0.2, 0) is 4.79 Å². The highest BCUT2D eigenvalue weighted by atomic mass is 16.2. The molecule has 3 heteroatoms. The zero-order valence-electron chi connectivity index (χ0n) is 10.3. The van der Waals surface area contributed by atoms with Gasteiger partial charge in [0.2, 0.25) is 5.91 Å². The van der Waals surface area contributed by atoms with Crippen molar-refractivity contribution >= 4 is 5.91 Å². The highest BCUT2D eigenvalue weighted by molar-refractivity contribution is 5.79. The summed E-state index contributed by atoms with van der Waals surface area (Å²) in [5.74, 6) is 0.693. The van der Waals surface area contributed by atoms with Gasteiger partial charge in [-0.05, 0) is 25.8 Å². The molecule has 1 aliphatic carbocycles. The third-order valence-corrected chi connectivity index (χ3v) is 3.05. The van der Waals surface area contributed by atoms with Crippen LogP contribution in [0.15, 0.2) is 0 Å². The lowest BCUT2D eigenvalue weighted by atomic mass is 9.84. The SMILES string of the molecule is CC(C)NCCCN(C)C(=O)C1CCC1. The monoisotopic (exact) mass is 212 g/mol. The van der Waals surface area contributed by atoms with Crippen LogP contribution in [0.4, 0.5) is 0 Å². The van der Waals surface area contributed by atoms with E-state index in [9.17, 15) is 4.79 Å². The molecule has 88 valence electrons. The van der Waals surface area contributed by atoms with E-state index < -0.39 is 0 Å². The van der Waals surface area contributed by atoms with Gasteiger partial charge < -0.3 is 10.2 Å². The van der Waals surface area contributed by atoms with Crippen molar-refractivity contribution < 1.29 is 4.79 Å². The second kappa shape index (κ2) is 6.11. The smallest absolute Gasteiger partial charge is 0.225 e. The molecule has 0 aliphatic heterocycles. The summed E-state index contributed by atoms with van der Waals surface area (Å²) in [4.78, 5) is 13.7. The molecule has 1 rings (SSSR count). The first-order chi connectivity index (χ1) is 7.11. The van der Waals surface area contributed by atoms with Crippen LogP contribution in [-0.4, -0.2) is 37.0 Å². The Morgan fingerprint density at radius 2 is 2.13 bits per heavy atom. The van der Waals surface area contributed by atoms with Crippen molar-refractivity contribution in [3.05, 3.63) is 0 Å². The summed E-state index contributed by atoms with van der Waals surface area (Å²) in [6.07, 6.45) is 4.49. The number of nitrogens with zero attached hydrogens (tertiary/aromatic N) is 1. The lowest BCUT2D eigenvalue weighted by Crippen LogP contribution is -2.37. The number of hydrogen-bond donors (Lipinski definition) is 1. The van der Waals surface area contributed by atoms with Crippen LogP contribution in [0.1, 0.15) is 39.5 Å². The minimum absolute atomic E-state index is 0.341. The Balaban J connectivity index is 2.06. The molecule has 0 heterocycles. The Bertz CT molecular complexity index is 200. The molecule has 0 radical (unpaired) electrons. The number of carbonyl (C=O) groups excluding carboxylic acids is 1. The van der Waals surface area contributed by atoms with Crippen LogP contribution in [0, 0.1) is 5.92 Å². The second-order valence-electron chi connectivity index (χ2n) is 4.85. The van der Waals surface area contributed by atoms with Gasteiger partial charge in [-0.1, -0.05) is 20.3 Å². The van der Waals surface area contributed by atoms with E-state index in [0.29, 0.717) is 17.9 Å². The van der Waals surface area contributed by atoms with Gasteiger partial charge in [-0.2, -0.15) is 0 Å². The molecule has 1 amide bonds. The molecule has 0 aromatic heterocycles. The summed E-state index contributed by atoms with van der Waals surface area (Å²) in [6, 6.07) is 0.539. The zero-order valence-corrected chi connectivity index (χ0v) is 10.3. The fourth-order valence-electron chi connectivity index (χ4n) is 1.78. The van der Waals surface area contributed by atoms with Crippen LogP contribution in [0.3, 0.4) is 0 Å². The van der Waals surface area contributed by atoms with E-state index in [1.165, 1.54) is 6.42 Å². The molecule has 3 nitrogen and oxygen atoms in total. The zero-order chi connectivity index (χ0) is 11.3. The fraction of sp³-hybridized carbons (Fsp3) is 0.917. The lowest BCUT2D eigenvalue weighted by Gasteiger charge is -2.29. The van der Waals surface area contributed by atoms with Gasteiger partial charge in [-0.25, -0.2) is 0 Å². The minimum atomic E-state index is 0.341. The second-order valence-corrected chi connectivity index (χ2v) is 4.85. The predicted octanol–water partition coefficient (Wildman–Crippen LogP) is 1.63. The van der Waals surface area contributed by atoms with Crippen LogP contribution in [0.25, 0.3) is 0 Å². The molecule has 0 aromatic rings. The summed E-state index contributed by atoms with van der Waals surface area (Å²) in [7, 11) is 1.93. The quantitative estimate of drug-likeness (QED) is 0.679. The predicted molar refractivity (Wildman–Crippen MR) is 62.7 cm³/mol. The topological polar surface area (TPSA) is 32.3 Å². The van der Waals surface area contributed by atoms with Crippen LogP contribution < -0.4 is 5.32 Å². The first kappa shape index (κ1) is 12.5. The maximum atomic E-state index is 11.8. The van der Waals surface area contributed by atoms with E-state index >= 15 is 0 Å². The molecular formula is C12H24N2O. The van der Waals surface area contributed by atoms with Crippen molar-refractivity contribution in [3.8, 4) is 0 Å². The van der Waals surface area contributed by atoms with Crippen molar-refractivity contribution in [1.29, 1.82) is 0 Å². The largest absolute Gasteiger partial charge is 0.345 e. The number of hydrogen-bond acceptors (Lipinski definition) is 2. The van der Waals surface area contributed by atoms with E-state index in [0.717, 1.165) is 32.4 Å². The normalized spacial score (nSPS) is 16.5. The van der Waals surface area contributed by atoms with E-state index in [2.05, 4.69) is 19.2 Å². The number of rotatable bonds is 6. The first-order valence-corrected chi connectivity index (χ1v) is 6.09. The minimum Gasteiger partial charge on any atom is -0.345 e. The third-order valence-electron chi connectivity index (χ3n) is 3.05. The Hall–Kier alpha value is -0.570. The molecule has 0 aromatic carbocycles. The number of nitrogens with one attached hydrogen (secondary N) is 1. The highest BCUT2D eigenvalue weighted by Crippen LogP contribution is 2.27. The van der Waals surface area contributed by atoms with Gasteiger partial charge >= 0.3 is 0 Å². The van der Waals surface area contributed by atoms with Crippen molar-refractivity contribution in [2.45, 2.75) is 45.6 Å². The molecule has 0 unspecified atom stereocenters. The van der Waals surface area contributed by atoms with Gasteiger partial charge in [0.1, 0.15) is 0 Å². The van der Waals surface area contributed by atoms with Gasteiger partial charge in [0, 0.05) is 25.6 Å². The Morgan fingerprint density at radius 3 is 2.60 bits per heavy atom. The summed E-state index contributed by atoms with van der Waals surface area (Å²) in [5, 5.41) is 3.36. The van der Waals surface area contributed by atoms with E-state index in [-0.39, 0.29) is 0 Å². The molecule has 0 atom stereocenters. The van der Waals surface area contributed by atoms with Crippen LogP contribution >= 0.6 is 0 Å². The summed E-state index contributed by atoms with van der Waals surface area (Å²) < 4.78 is 0. The lowest BCUT2D eigenvalue weighted by molar-refractivity contribution is -0.136. The van der Waals surface area contributed by atoms with Gasteiger partial charge in [0.25, 0.3) is 0 Å². The molecular weight excluding hydrogens is 188 g/mol. The Labute approximate surface area is 93.2 Å². The van der Waals surface area contributed by atoms with E-state index in [4.69, 9.17) is 0 Å². The molecule has 1 fully saturated rings. The Morgan fingerprint density at radius 1 is 1.47 bits per heavy atom. The molecule has 0 bridgehead atoms. The standard InChI is InChI=1S/C12H24N2O/c1-10(2)13-8-5-9-14(3)12(15)11-6-4-7-11/h10-11,13H,4-9H2,1-3H3. The summed E-state index contributed by atoms with van der Waals surface area (Å²) >= 11 is 0. The fourth-order valence-corrected chi connectivity index (χ4v) is 1.78. The van der Waals surface area contributed by atoms with Gasteiger partial charge in [-0.3, -0.25) is 4.79 Å². The average molecular weight is 212 g/mol. The highest BCUT2D eigenvalue weighted by Gasteiger charge is 2.27. The molecule has 1 saturated carbocycles. The molecule has 0 spiro atoms. The summed E-state index contributed by atoms with van der Waals surface area (Å²) in [6.45, 7) is 6.17. The summed E-state index contributed by atoms with van der Waals surface area (Å²) in [5.41, 5.74) is 0. The Kier molecular flexibility index (Phi) is 5.09. The van der Waals surface area contributed by atoms with Gasteiger partial charge in [0.15, 0.2) is 0 Å². The molecule has 15 heavy (non-hydrogen) atoms. The number of carbonyl (C=O) groups is 1. The van der Waals surface area contributed by atoms with E-state index in [1.54, 1.807) is 0 Å². The van der Waals surface area contributed by atoms with E-state index in [1.807, 2.05) is 11.9 Å². The third kappa shape index (κ3) is 4.20. The van der Waals surface area contributed by atoms with Crippen molar-refractivity contribution in [1.82, 2.24) is 10.2 Å². The van der Waals surface area contributed by atoms with Crippen LogP contribution in [0.2, 0.25) is 0 Å². The van der Waals surface area contributed by atoms with Crippen LogP contribution in [0.5, 0.6) is 0 Å². The van der Waals surface area contributed by atoms with Crippen molar-refractivity contribution in [3.63, 3.8) is 0 Å². The first-order valence-electron chi connectivity index (χ1n) is 6.09. The van der Waals surface area contributed by atoms with Gasteiger partial charge in [-0.15, -0.1) is 0 Å². The van der Waals surface area contributed by atoms with Crippen molar-refractivity contribution in [2.75, 3.05) is 20.1 Å².